The molecule has 0 saturated heterocycles. The van der Waals surface area contributed by atoms with E-state index < -0.39 is 5.82 Å². The molecule has 0 fully saturated rings. The number of nitrogens with zero attached hydrogens (tertiary/aromatic N) is 1. The van der Waals surface area contributed by atoms with E-state index >= 15 is 0 Å². The van der Waals surface area contributed by atoms with Gasteiger partial charge in [0.2, 0.25) is 0 Å². The highest BCUT2D eigenvalue weighted by atomic mass is 19.1. The van der Waals surface area contributed by atoms with Crippen molar-refractivity contribution < 1.29 is 14.3 Å². The Balaban J connectivity index is 2.92. The zero-order valence-corrected chi connectivity index (χ0v) is 10.2. The maximum absolute atomic E-state index is 13.5. The average Bonchev–Trinajstić information content (AvgIpc) is 2.28. The fraction of sp³-hybridized carbons (Fsp3) is 0.462. The summed E-state index contributed by atoms with van der Waals surface area (Å²) in [5.41, 5.74) is 0.0182. The normalized spacial score (nSPS) is 10.3. The van der Waals surface area contributed by atoms with E-state index in [1.165, 1.54) is 12.1 Å². The lowest BCUT2D eigenvalue weighted by atomic mass is 10.1. The van der Waals surface area contributed by atoms with Gasteiger partial charge < -0.3 is 10.0 Å². The maximum atomic E-state index is 13.5. The minimum atomic E-state index is -0.674. The van der Waals surface area contributed by atoms with Gasteiger partial charge in [-0.25, -0.2) is 4.39 Å². The third-order valence-corrected chi connectivity index (χ3v) is 2.46. The van der Waals surface area contributed by atoms with Gasteiger partial charge in [0.1, 0.15) is 11.6 Å². The zero-order valence-electron chi connectivity index (χ0n) is 10.2. The van der Waals surface area contributed by atoms with Crippen molar-refractivity contribution in [1.29, 1.82) is 0 Å². The number of hydrogen-bond donors (Lipinski definition) is 1. The van der Waals surface area contributed by atoms with Crippen LogP contribution in [0.3, 0.4) is 0 Å². The number of rotatable bonds is 5. The van der Waals surface area contributed by atoms with Crippen LogP contribution in [0.15, 0.2) is 18.2 Å². The summed E-state index contributed by atoms with van der Waals surface area (Å²) in [5, 5.41) is 9.10. The lowest BCUT2D eigenvalue weighted by Gasteiger charge is -2.21. The molecule has 0 heterocycles. The molecule has 0 spiro atoms. The van der Waals surface area contributed by atoms with Crippen LogP contribution in [0, 0.1) is 5.82 Å². The smallest absolute Gasteiger partial charge is 0.256 e. The van der Waals surface area contributed by atoms with Crippen LogP contribution in [0.4, 0.5) is 4.39 Å². The van der Waals surface area contributed by atoms with Gasteiger partial charge >= 0.3 is 0 Å². The van der Waals surface area contributed by atoms with Crippen LogP contribution in [0.1, 0.15) is 37.0 Å². The van der Waals surface area contributed by atoms with E-state index in [1.54, 1.807) is 4.90 Å². The largest absolute Gasteiger partial charge is 0.508 e. The highest BCUT2D eigenvalue weighted by Gasteiger charge is 2.18. The summed E-state index contributed by atoms with van der Waals surface area (Å²) in [6.07, 6.45) is 1.68. The molecule has 0 bridgehead atoms. The number of benzene rings is 1. The van der Waals surface area contributed by atoms with Gasteiger partial charge in [0.05, 0.1) is 5.56 Å². The third kappa shape index (κ3) is 3.44. The fourth-order valence-corrected chi connectivity index (χ4v) is 1.70. The van der Waals surface area contributed by atoms with Crippen LogP contribution >= 0.6 is 0 Å². The SMILES string of the molecule is CCCN(CCC)C(=O)c1ccc(O)cc1F. The van der Waals surface area contributed by atoms with Gasteiger partial charge in [0, 0.05) is 19.2 Å². The van der Waals surface area contributed by atoms with E-state index in [9.17, 15) is 9.18 Å². The summed E-state index contributed by atoms with van der Waals surface area (Å²) in [5.74, 6) is -1.16. The van der Waals surface area contributed by atoms with Crippen molar-refractivity contribution in [1.82, 2.24) is 4.90 Å². The summed E-state index contributed by atoms with van der Waals surface area (Å²) in [4.78, 5) is 13.7. The van der Waals surface area contributed by atoms with Gasteiger partial charge in [-0.2, -0.15) is 0 Å². The number of hydrogen-bond acceptors (Lipinski definition) is 2. The quantitative estimate of drug-likeness (QED) is 0.858. The first-order chi connectivity index (χ1) is 8.10. The second-order valence-electron chi connectivity index (χ2n) is 3.96. The van der Waals surface area contributed by atoms with Gasteiger partial charge in [0.15, 0.2) is 0 Å². The van der Waals surface area contributed by atoms with Crippen LogP contribution in [-0.4, -0.2) is 29.0 Å². The van der Waals surface area contributed by atoms with Crippen molar-refractivity contribution in [2.24, 2.45) is 0 Å². The molecule has 17 heavy (non-hydrogen) atoms. The Morgan fingerprint density at radius 2 is 1.88 bits per heavy atom. The zero-order chi connectivity index (χ0) is 12.8. The van der Waals surface area contributed by atoms with Crippen molar-refractivity contribution in [3.8, 4) is 5.75 Å². The Bertz CT molecular complexity index is 387. The molecule has 0 aromatic heterocycles. The Morgan fingerprint density at radius 3 is 2.35 bits per heavy atom. The predicted molar refractivity (Wildman–Crippen MR) is 64.6 cm³/mol. The molecule has 1 aromatic carbocycles. The standard InChI is InChI=1S/C13H18FNO2/c1-3-7-15(8-4-2)13(17)11-6-5-10(16)9-12(11)14/h5-6,9,16H,3-4,7-8H2,1-2H3. The first kappa shape index (κ1) is 13.5. The first-order valence-corrected chi connectivity index (χ1v) is 5.88. The molecular weight excluding hydrogens is 221 g/mol. The number of carbonyl (C=O) groups excluding carboxylic acids is 1. The molecule has 3 nitrogen and oxygen atoms in total. The first-order valence-electron chi connectivity index (χ1n) is 5.88. The molecular formula is C13H18FNO2. The van der Waals surface area contributed by atoms with Gasteiger partial charge in [-0.15, -0.1) is 0 Å². The number of aromatic hydroxyl groups is 1. The lowest BCUT2D eigenvalue weighted by Crippen LogP contribution is -2.33. The van der Waals surface area contributed by atoms with Gasteiger partial charge in [-0.1, -0.05) is 13.8 Å². The number of carbonyl (C=O) groups is 1. The van der Waals surface area contributed by atoms with Crippen LogP contribution in [0.2, 0.25) is 0 Å². The third-order valence-electron chi connectivity index (χ3n) is 2.46. The van der Waals surface area contributed by atoms with Crippen molar-refractivity contribution in [2.45, 2.75) is 26.7 Å². The van der Waals surface area contributed by atoms with E-state index in [0.717, 1.165) is 18.9 Å². The molecule has 1 N–H and O–H groups in total. The van der Waals surface area contributed by atoms with Crippen molar-refractivity contribution in [3.63, 3.8) is 0 Å². The molecule has 0 unspecified atom stereocenters. The molecule has 0 aliphatic carbocycles. The fourth-order valence-electron chi connectivity index (χ4n) is 1.70. The molecule has 0 aliphatic rings. The second kappa shape index (κ2) is 6.23. The summed E-state index contributed by atoms with van der Waals surface area (Å²) in [6.45, 7) is 5.19. The number of amides is 1. The topological polar surface area (TPSA) is 40.5 Å². The molecule has 0 radical (unpaired) electrons. The Morgan fingerprint density at radius 1 is 1.29 bits per heavy atom. The van der Waals surface area contributed by atoms with Crippen LogP contribution in [0.25, 0.3) is 0 Å². The highest BCUT2D eigenvalue weighted by molar-refractivity contribution is 5.94. The van der Waals surface area contributed by atoms with E-state index in [0.29, 0.717) is 13.1 Å². The molecule has 0 saturated carbocycles. The summed E-state index contributed by atoms with van der Waals surface area (Å²) >= 11 is 0. The van der Waals surface area contributed by atoms with Crippen LogP contribution < -0.4 is 0 Å². The minimum absolute atomic E-state index is 0.0182. The summed E-state index contributed by atoms with van der Waals surface area (Å²) in [7, 11) is 0. The van der Waals surface area contributed by atoms with Gasteiger partial charge in [-0.3, -0.25) is 4.79 Å². The van der Waals surface area contributed by atoms with E-state index in [-0.39, 0.29) is 17.2 Å². The van der Waals surface area contributed by atoms with Crippen molar-refractivity contribution in [2.75, 3.05) is 13.1 Å². The van der Waals surface area contributed by atoms with Gasteiger partial charge in [0.25, 0.3) is 5.91 Å². The minimum Gasteiger partial charge on any atom is -0.508 e. The monoisotopic (exact) mass is 239 g/mol. The van der Waals surface area contributed by atoms with Gasteiger partial charge in [-0.05, 0) is 25.0 Å². The van der Waals surface area contributed by atoms with Crippen LogP contribution in [-0.2, 0) is 0 Å². The van der Waals surface area contributed by atoms with Crippen molar-refractivity contribution >= 4 is 5.91 Å². The Hall–Kier alpha value is -1.58. The van der Waals surface area contributed by atoms with Crippen molar-refractivity contribution in [3.05, 3.63) is 29.6 Å². The summed E-state index contributed by atoms with van der Waals surface area (Å²) < 4.78 is 13.5. The number of phenols is 1. The molecule has 1 rings (SSSR count). The number of halogens is 1. The molecule has 1 amide bonds. The molecule has 0 aliphatic heterocycles. The van der Waals surface area contributed by atoms with Crippen LogP contribution in [0.5, 0.6) is 5.75 Å². The number of phenolic OH excluding ortho intramolecular Hbond substituents is 1. The highest BCUT2D eigenvalue weighted by Crippen LogP contribution is 2.17. The molecule has 1 aromatic rings. The molecule has 4 heteroatoms. The Labute approximate surface area is 101 Å². The lowest BCUT2D eigenvalue weighted by molar-refractivity contribution is 0.0751. The predicted octanol–water partition coefficient (Wildman–Crippen LogP) is 2.79. The van der Waals surface area contributed by atoms with E-state index in [4.69, 9.17) is 5.11 Å². The molecule has 94 valence electrons. The second-order valence-corrected chi connectivity index (χ2v) is 3.96. The maximum Gasteiger partial charge on any atom is 0.256 e. The Kier molecular flexibility index (Phi) is 4.94. The van der Waals surface area contributed by atoms with E-state index in [1.807, 2.05) is 13.8 Å². The molecule has 0 atom stereocenters. The summed E-state index contributed by atoms with van der Waals surface area (Å²) in [6, 6.07) is 3.61. The average molecular weight is 239 g/mol. The van der Waals surface area contributed by atoms with E-state index in [2.05, 4.69) is 0 Å².